The molecule has 1 aliphatic heterocycles. The molecule has 1 atom stereocenters. The number of rotatable bonds is 10. The van der Waals surface area contributed by atoms with E-state index in [0.717, 1.165) is 16.0 Å². The number of methoxy groups -OCH3 is 2. The van der Waals surface area contributed by atoms with Gasteiger partial charge in [-0.2, -0.15) is 0 Å². The van der Waals surface area contributed by atoms with Gasteiger partial charge in [-0.3, -0.25) is 24.1 Å². The molecule has 1 aliphatic rings. The van der Waals surface area contributed by atoms with Gasteiger partial charge in [0.15, 0.2) is 0 Å². The Bertz CT molecular complexity index is 1740. The van der Waals surface area contributed by atoms with Crippen molar-refractivity contribution in [2.45, 2.75) is 19.5 Å². The molecular formula is C34H30ClN3O6. The maximum Gasteiger partial charge on any atom is 0.299 e. The van der Waals surface area contributed by atoms with Gasteiger partial charge in [-0.15, -0.1) is 0 Å². The minimum Gasteiger partial charge on any atom is -0.497 e. The zero-order chi connectivity index (χ0) is 31.4. The fraction of sp³-hybridized carbons (Fsp3) is 0.176. The van der Waals surface area contributed by atoms with Crippen LogP contribution in [0.25, 0.3) is 0 Å². The number of anilines is 2. The molecule has 4 aromatic rings. The number of amides is 3. The fourth-order valence-electron chi connectivity index (χ4n) is 5.15. The molecule has 0 aromatic heterocycles. The molecule has 0 spiro atoms. The number of ketones is 1. The summed E-state index contributed by atoms with van der Waals surface area (Å²) in [5.74, 6) is -1.65. The molecule has 0 radical (unpaired) electrons. The lowest BCUT2D eigenvalue weighted by Crippen LogP contribution is -2.46. The highest BCUT2D eigenvalue weighted by Gasteiger charge is 2.39. The SMILES string of the molecule is COc1ccc(NC(=O)C(c2ccc(Cl)cc2)N(Cc2ccccc2C)C(=O)CN2C(=O)C(=O)c3ccccc32)c(OC)c1. The average Bonchev–Trinajstić information content (AvgIpc) is 3.27. The summed E-state index contributed by atoms with van der Waals surface area (Å²) < 4.78 is 10.8. The summed E-state index contributed by atoms with van der Waals surface area (Å²) >= 11 is 6.19. The van der Waals surface area contributed by atoms with Gasteiger partial charge in [0.25, 0.3) is 17.6 Å². The largest absolute Gasteiger partial charge is 0.497 e. The third-order valence-corrected chi connectivity index (χ3v) is 7.76. The maximum atomic E-state index is 14.3. The molecule has 1 unspecified atom stereocenters. The van der Waals surface area contributed by atoms with Crippen LogP contribution in [0.5, 0.6) is 11.5 Å². The van der Waals surface area contributed by atoms with Crippen LogP contribution in [0.15, 0.2) is 91.0 Å². The van der Waals surface area contributed by atoms with Crippen LogP contribution >= 0.6 is 11.6 Å². The van der Waals surface area contributed by atoms with E-state index < -0.39 is 36.1 Å². The highest BCUT2D eigenvalue weighted by atomic mass is 35.5. The summed E-state index contributed by atoms with van der Waals surface area (Å²) in [6.07, 6.45) is 0. The van der Waals surface area contributed by atoms with Gasteiger partial charge in [0.1, 0.15) is 24.1 Å². The van der Waals surface area contributed by atoms with E-state index in [1.165, 1.54) is 19.1 Å². The Labute approximate surface area is 259 Å². The van der Waals surface area contributed by atoms with Crippen LogP contribution in [0.1, 0.15) is 33.1 Å². The van der Waals surface area contributed by atoms with Crippen molar-refractivity contribution < 1.29 is 28.7 Å². The maximum absolute atomic E-state index is 14.3. The molecule has 5 rings (SSSR count). The smallest absolute Gasteiger partial charge is 0.299 e. The zero-order valence-corrected chi connectivity index (χ0v) is 25.1. The van der Waals surface area contributed by atoms with Crippen LogP contribution < -0.4 is 19.7 Å². The summed E-state index contributed by atoms with van der Waals surface area (Å²) in [6.45, 7) is 1.51. The summed E-state index contributed by atoms with van der Waals surface area (Å²) in [5.41, 5.74) is 3.16. The monoisotopic (exact) mass is 611 g/mol. The number of benzene rings is 4. The van der Waals surface area contributed by atoms with Crippen molar-refractivity contribution in [3.05, 3.63) is 118 Å². The number of carbonyl (C=O) groups excluding carboxylic acids is 4. The number of nitrogens with zero attached hydrogens (tertiary/aromatic N) is 2. The Morgan fingerprint density at radius 3 is 2.32 bits per heavy atom. The first-order valence-corrected chi connectivity index (χ1v) is 14.2. The van der Waals surface area contributed by atoms with Crippen molar-refractivity contribution in [3.63, 3.8) is 0 Å². The number of Topliss-reactive ketones (excluding diaryl/α,β-unsaturated/α-hetero) is 1. The van der Waals surface area contributed by atoms with Crippen LogP contribution in [-0.4, -0.2) is 49.2 Å². The number of hydrogen-bond acceptors (Lipinski definition) is 6. The quantitative estimate of drug-likeness (QED) is 0.234. The number of fused-ring (bicyclic) bond motifs is 1. The number of halogens is 1. The minimum atomic E-state index is -1.16. The Morgan fingerprint density at radius 2 is 1.61 bits per heavy atom. The lowest BCUT2D eigenvalue weighted by Gasteiger charge is -2.33. The molecule has 0 bridgehead atoms. The predicted octanol–water partition coefficient (Wildman–Crippen LogP) is 5.60. The van der Waals surface area contributed by atoms with Crippen molar-refractivity contribution in [1.29, 1.82) is 0 Å². The van der Waals surface area contributed by atoms with Gasteiger partial charge in [-0.05, 0) is 60.0 Å². The number of hydrogen-bond donors (Lipinski definition) is 1. The third kappa shape index (κ3) is 6.14. The predicted molar refractivity (Wildman–Crippen MR) is 167 cm³/mol. The van der Waals surface area contributed by atoms with Gasteiger partial charge in [0.2, 0.25) is 5.91 Å². The van der Waals surface area contributed by atoms with Gasteiger partial charge in [0.05, 0.1) is 31.2 Å². The van der Waals surface area contributed by atoms with Crippen LogP contribution in [0.3, 0.4) is 0 Å². The van der Waals surface area contributed by atoms with E-state index in [0.29, 0.717) is 33.5 Å². The lowest BCUT2D eigenvalue weighted by atomic mass is 10.0. The Kier molecular flexibility index (Phi) is 8.96. The summed E-state index contributed by atoms with van der Waals surface area (Å²) in [6, 6.07) is 24.5. The molecule has 4 aromatic carbocycles. The first-order valence-electron chi connectivity index (χ1n) is 13.8. The van der Waals surface area contributed by atoms with Crippen molar-refractivity contribution in [2.24, 2.45) is 0 Å². The summed E-state index contributed by atoms with van der Waals surface area (Å²) in [5, 5.41) is 3.36. The molecule has 0 aliphatic carbocycles. The Balaban J connectivity index is 1.57. The lowest BCUT2D eigenvalue weighted by molar-refractivity contribution is -0.139. The molecule has 224 valence electrons. The molecule has 1 N–H and O–H groups in total. The number of aryl methyl sites for hydroxylation is 1. The van der Waals surface area contributed by atoms with Gasteiger partial charge in [-0.1, -0.05) is 60.1 Å². The van der Waals surface area contributed by atoms with Crippen LogP contribution in [0.4, 0.5) is 11.4 Å². The molecule has 9 nitrogen and oxygen atoms in total. The second kappa shape index (κ2) is 13.0. The van der Waals surface area contributed by atoms with E-state index in [1.807, 2.05) is 31.2 Å². The van der Waals surface area contributed by atoms with Crippen molar-refractivity contribution in [3.8, 4) is 11.5 Å². The molecule has 0 saturated heterocycles. The van der Waals surface area contributed by atoms with Gasteiger partial charge >= 0.3 is 0 Å². The molecule has 0 saturated carbocycles. The second-order valence-electron chi connectivity index (χ2n) is 10.2. The topological polar surface area (TPSA) is 105 Å². The van der Waals surface area contributed by atoms with E-state index in [2.05, 4.69) is 5.32 Å². The zero-order valence-electron chi connectivity index (χ0n) is 24.4. The van der Waals surface area contributed by atoms with Crippen LogP contribution in [-0.2, 0) is 20.9 Å². The van der Waals surface area contributed by atoms with Crippen LogP contribution in [0.2, 0.25) is 5.02 Å². The standard InChI is InChI=1S/C34H30ClN3O6/c1-21-8-4-5-9-23(21)19-38(30(39)20-37-28-11-7-6-10-26(28)32(40)34(37)42)31(22-12-14-24(35)15-13-22)33(41)36-27-17-16-25(43-2)18-29(27)44-3/h4-18,31H,19-20H2,1-3H3,(H,36,41). The number of para-hydroxylation sites is 1. The average molecular weight is 612 g/mol. The molecular weight excluding hydrogens is 582 g/mol. The number of ether oxygens (including phenoxy) is 2. The fourth-order valence-corrected chi connectivity index (χ4v) is 5.27. The molecule has 44 heavy (non-hydrogen) atoms. The number of carbonyl (C=O) groups is 4. The first kappa shape index (κ1) is 30.3. The summed E-state index contributed by atoms with van der Waals surface area (Å²) in [7, 11) is 3.00. The van der Waals surface area contributed by atoms with E-state index in [9.17, 15) is 19.2 Å². The van der Waals surface area contributed by atoms with E-state index in [4.69, 9.17) is 21.1 Å². The number of nitrogens with one attached hydrogen (secondary N) is 1. The second-order valence-corrected chi connectivity index (χ2v) is 10.6. The van der Waals surface area contributed by atoms with E-state index in [1.54, 1.807) is 66.7 Å². The van der Waals surface area contributed by atoms with E-state index in [-0.39, 0.29) is 12.1 Å². The first-order chi connectivity index (χ1) is 21.2. The minimum absolute atomic E-state index is 0.0452. The van der Waals surface area contributed by atoms with Crippen LogP contribution in [0, 0.1) is 6.92 Å². The molecule has 1 heterocycles. The third-order valence-electron chi connectivity index (χ3n) is 7.51. The van der Waals surface area contributed by atoms with E-state index >= 15 is 0 Å². The van der Waals surface area contributed by atoms with Gasteiger partial charge in [-0.25, -0.2) is 0 Å². The molecule has 3 amide bonds. The van der Waals surface area contributed by atoms with Gasteiger partial charge < -0.3 is 19.7 Å². The van der Waals surface area contributed by atoms with Crippen molar-refractivity contribution in [1.82, 2.24) is 4.90 Å². The van der Waals surface area contributed by atoms with Crippen molar-refractivity contribution >= 4 is 46.5 Å². The normalized spacial score (nSPS) is 12.9. The van der Waals surface area contributed by atoms with Crippen molar-refractivity contribution in [2.75, 3.05) is 31.0 Å². The Hall–Kier alpha value is -5.15. The summed E-state index contributed by atoms with van der Waals surface area (Å²) in [4.78, 5) is 56.8. The highest BCUT2D eigenvalue weighted by molar-refractivity contribution is 6.52. The van der Waals surface area contributed by atoms with Gasteiger partial charge in [0, 0.05) is 17.6 Å². The molecule has 0 fully saturated rings. The molecule has 10 heteroatoms. The highest BCUT2D eigenvalue weighted by Crippen LogP contribution is 2.33. The Morgan fingerprint density at radius 1 is 0.909 bits per heavy atom.